The smallest absolute Gasteiger partial charge is 0.338 e. The first-order chi connectivity index (χ1) is 10.9. The minimum atomic E-state index is -0.946. The van der Waals surface area contributed by atoms with Gasteiger partial charge in [0.25, 0.3) is 5.69 Å². The Morgan fingerprint density at radius 3 is 2.57 bits per heavy atom. The lowest BCUT2D eigenvalue weighted by atomic mass is 10.1. The van der Waals surface area contributed by atoms with Gasteiger partial charge in [-0.3, -0.25) is 14.9 Å². The predicted octanol–water partition coefficient (Wildman–Crippen LogP) is 2.36. The van der Waals surface area contributed by atoms with E-state index in [1.807, 2.05) is 0 Å². The molecular weight excluding hydrogens is 307 g/mol. The van der Waals surface area contributed by atoms with Gasteiger partial charge in [0.05, 0.1) is 16.1 Å². The minimum Gasteiger partial charge on any atom is -0.454 e. The average Bonchev–Trinajstić information content (AvgIpc) is 2.52. The molecule has 0 fully saturated rings. The van der Waals surface area contributed by atoms with Crippen LogP contribution in [0.25, 0.3) is 0 Å². The van der Waals surface area contributed by atoms with Crippen molar-refractivity contribution in [2.45, 2.75) is 0 Å². The Kier molecular flexibility index (Phi) is 4.65. The van der Waals surface area contributed by atoms with Crippen molar-refractivity contribution in [3.05, 3.63) is 69.5 Å². The van der Waals surface area contributed by atoms with E-state index in [0.717, 1.165) is 12.1 Å². The van der Waals surface area contributed by atoms with Gasteiger partial charge in [0.15, 0.2) is 6.61 Å². The monoisotopic (exact) mass is 318 g/mol. The number of ketones is 1. The Labute approximate surface area is 129 Å². The number of esters is 1. The molecule has 0 aliphatic carbocycles. The number of carbonyl (C=O) groups excluding carboxylic acids is 2. The van der Waals surface area contributed by atoms with Crippen LogP contribution in [0.4, 0.5) is 15.8 Å². The van der Waals surface area contributed by atoms with E-state index in [9.17, 15) is 24.1 Å². The number of anilines is 1. The lowest BCUT2D eigenvalue weighted by Crippen LogP contribution is -2.15. The summed E-state index contributed by atoms with van der Waals surface area (Å²) in [5.41, 5.74) is 4.53. The Balaban J connectivity index is 2.08. The number of hydrogen-bond donors (Lipinski definition) is 1. The number of Topliss-reactive ketones (excluding diaryl/α,β-unsaturated/α-hetero) is 1. The zero-order valence-electron chi connectivity index (χ0n) is 11.7. The molecule has 0 aliphatic rings. The van der Waals surface area contributed by atoms with Gasteiger partial charge in [0.1, 0.15) is 11.5 Å². The molecule has 0 spiro atoms. The summed E-state index contributed by atoms with van der Waals surface area (Å²) in [6.45, 7) is -0.683. The van der Waals surface area contributed by atoms with Gasteiger partial charge in [0, 0.05) is 6.07 Å². The van der Waals surface area contributed by atoms with Gasteiger partial charge in [-0.1, -0.05) is 12.1 Å². The maximum absolute atomic E-state index is 13.4. The zero-order valence-corrected chi connectivity index (χ0v) is 11.7. The summed E-state index contributed by atoms with van der Waals surface area (Å²) in [6.07, 6.45) is 0. The normalized spacial score (nSPS) is 10.1. The Morgan fingerprint density at radius 1 is 1.22 bits per heavy atom. The molecule has 2 N–H and O–H groups in total. The van der Waals surface area contributed by atoms with Crippen molar-refractivity contribution >= 4 is 23.1 Å². The molecule has 2 aromatic rings. The first kappa shape index (κ1) is 16.1. The van der Waals surface area contributed by atoms with Crippen molar-refractivity contribution in [1.82, 2.24) is 0 Å². The molecule has 0 aromatic heterocycles. The van der Waals surface area contributed by atoms with Crippen molar-refractivity contribution < 1.29 is 23.6 Å². The zero-order chi connectivity index (χ0) is 17.0. The van der Waals surface area contributed by atoms with E-state index in [0.29, 0.717) is 0 Å². The summed E-state index contributed by atoms with van der Waals surface area (Å²) in [4.78, 5) is 33.6. The summed E-state index contributed by atoms with van der Waals surface area (Å²) in [6, 6.07) is 8.64. The lowest BCUT2D eigenvalue weighted by molar-refractivity contribution is -0.383. The summed E-state index contributed by atoms with van der Waals surface area (Å²) in [5.74, 6) is -2.39. The van der Waals surface area contributed by atoms with Gasteiger partial charge >= 0.3 is 5.97 Å². The summed E-state index contributed by atoms with van der Waals surface area (Å²) >= 11 is 0. The van der Waals surface area contributed by atoms with Gasteiger partial charge in [-0.05, 0) is 24.3 Å². The second-order valence-electron chi connectivity index (χ2n) is 4.51. The molecule has 0 aliphatic heterocycles. The number of nitro benzene ring substituents is 1. The molecule has 118 valence electrons. The second kappa shape index (κ2) is 6.65. The quantitative estimate of drug-likeness (QED) is 0.298. The van der Waals surface area contributed by atoms with E-state index in [-0.39, 0.29) is 16.8 Å². The highest BCUT2D eigenvalue weighted by Gasteiger charge is 2.18. The number of halogens is 1. The first-order valence-corrected chi connectivity index (χ1v) is 6.39. The van der Waals surface area contributed by atoms with Crippen molar-refractivity contribution in [2.24, 2.45) is 0 Å². The third-order valence-electron chi connectivity index (χ3n) is 2.97. The van der Waals surface area contributed by atoms with Crippen LogP contribution in [0.3, 0.4) is 0 Å². The Morgan fingerprint density at radius 2 is 1.91 bits per heavy atom. The standard InChI is InChI=1S/C15H11FN2O5/c16-11-4-2-1-3-10(11)14(19)8-23-15(20)9-5-6-12(17)13(7-9)18(21)22/h1-7H,8,17H2. The molecule has 0 amide bonds. The van der Waals surface area contributed by atoms with Crippen LogP contribution in [0.5, 0.6) is 0 Å². The number of benzene rings is 2. The van der Waals surface area contributed by atoms with E-state index < -0.39 is 34.8 Å². The molecule has 7 nitrogen and oxygen atoms in total. The highest BCUT2D eigenvalue weighted by Crippen LogP contribution is 2.22. The van der Waals surface area contributed by atoms with Crippen LogP contribution in [0.15, 0.2) is 42.5 Å². The van der Waals surface area contributed by atoms with Crippen molar-refractivity contribution in [1.29, 1.82) is 0 Å². The van der Waals surface area contributed by atoms with Crippen LogP contribution in [-0.4, -0.2) is 23.3 Å². The van der Waals surface area contributed by atoms with Gasteiger partial charge in [-0.25, -0.2) is 9.18 Å². The van der Waals surface area contributed by atoms with Gasteiger partial charge in [-0.2, -0.15) is 0 Å². The number of nitrogen functional groups attached to an aromatic ring is 1. The minimum absolute atomic E-state index is 0.103. The van der Waals surface area contributed by atoms with E-state index in [1.54, 1.807) is 0 Å². The molecule has 2 rings (SSSR count). The molecule has 0 saturated carbocycles. The Bertz CT molecular complexity index is 791. The van der Waals surface area contributed by atoms with Gasteiger partial charge < -0.3 is 10.5 Å². The van der Waals surface area contributed by atoms with Gasteiger partial charge in [-0.15, -0.1) is 0 Å². The van der Waals surface area contributed by atoms with Crippen LogP contribution in [0.2, 0.25) is 0 Å². The van der Waals surface area contributed by atoms with Crippen LogP contribution >= 0.6 is 0 Å². The van der Waals surface area contributed by atoms with Crippen LogP contribution in [0.1, 0.15) is 20.7 Å². The number of nitrogens with zero attached hydrogens (tertiary/aromatic N) is 1. The summed E-state index contributed by atoms with van der Waals surface area (Å²) in [5, 5.41) is 10.8. The largest absolute Gasteiger partial charge is 0.454 e. The van der Waals surface area contributed by atoms with E-state index in [4.69, 9.17) is 10.5 Å². The number of hydrogen-bond acceptors (Lipinski definition) is 6. The highest BCUT2D eigenvalue weighted by atomic mass is 19.1. The van der Waals surface area contributed by atoms with E-state index >= 15 is 0 Å². The van der Waals surface area contributed by atoms with Crippen LogP contribution < -0.4 is 5.73 Å². The predicted molar refractivity (Wildman–Crippen MR) is 78.5 cm³/mol. The molecule has 2 aromatic carbocycles. The molecule has 0 saturated heterocycles. The molecule has 0 bridgehead atoms. The summed E-state index contributed by atoms with van der Waals surface area (Å²) < 4.78 is 18.2. The topological polar surface area (TPSA) is 113 Å². The molecule has 0 unspecified atom stereocenters. The molecule has 0 atom stereocenters. The van der Waals surface area contributed by atoms with Crippen molar-refractivity contribution in [3.63, 3.8) is 0 Å². The Hall–Kier alpha value is -3.29. The summed E-state index contributed by atoms with van der Waals surface area (Å²) in [7, 11) is 0. The third kappa shape index (κ3) is 3.67. The molecule has 0 heterocycles. The number of nitro groups is 1. The number of ether oxygens (including phenoxy) is 1. The fourth-order valence-corrected chi connectivity index (χ4v) is 1.81. The van der Waals surface area contributed by atoms with Crippen LogP contribution in [-0.2, 0) is 4.74 Å². The number of carbonyl (C=O) groups is 2. The van der Waals surface area contributed by atoms with Crippen molar-refractivity contribution in [3.8, 4) is 0 Å². The molecular formula is C15H11FN2O5. The average molecular weight is 318 g/mol. The van der Waals surface area contributed by atoms with Crippen molar-refractivity contribution in [2.75, 3.05) is 12.3 Å². The maximum atomic E-state index is 13.4. The molecule has 0 radical (unpaired) electrons. The molecule has 23 heavy (non-hydrogen) atoms. The maximum Gasteiger partial charge on any atom is 0.338 e. The lowest BCUT2D eigenvalue weighted by Gasteiger charge is -2.06. The van der Waals surface area contributed by atoms with Crippen LogP contribution in [0, 0.1) is 15.9 Å². The van der Waals surface area contributed by atoms with E-state index in [2.05, 4.69) is 0 Å². The second-order valence-corrected chi connectivity index (χ2v) is 4.51. The number of rotatable bonds is 5. The fraction of sp³-hybridized carbons (Fsp3) is 0.0667. The third-order valence-corrected chi connectivity index (χ3v) is 2.97. The SMILES string of the molecule is Nc1ccc(C(=O)OCC(=O)c2ccccc2F)cc1[N+](=O)[O-]. The number of nitrogens with two attached hydrogens (primary N) is 1. The van der Waals surface area contributed by atoms with E-state index in [1.165, 1.54) is 30.3 Å². The fourth-order valence-electron chi connectivity index (χ4n) is 1.81. The van der Waals surface area contributed by atoms with Gasteiger partial charge in [0.2, 0.25) is 5.78 Å². The highest BCUT2D eigenvalue weighted by molar-refractivity contribution is 5.99. The molecule has 8 heteroatoms. The first-order valence-electron chi connectivity index (χ1n) is 6.39.